The second-order valence-corrected chi connectivity index (χ2v) is 4.98. The van der Waals surface area contributed by atoms with Crippen molar-refractivity contribution in [3.63, 3.8) is 0 Å². The first-order chi connectivity index (χ1) is 7.27. The van der Waals surface area contributed by atoms with E-state index in [1.165, 1.54) is 32.1 Å². The molecule has 2 N–H and O–H groups in total. The van der Waals surface area contributed by atoms with E-state index in [-0.39, 0.29) is 12.0 Å². The molecule has 0 heterocycles. The molecule has 86 valence electrons. The van der Waals surface area contributed by atoms with Crippen LogP contribution in [0.3, 0.4) is 0 Å². The fraction of sp³-hybridized carbons (Fsp3) is 0.917. The van der Waals surface area contributed by atoms with E-state index < -0.39 is 5.97 Å². The molecular weight excluding hydrogens is 190 g/mol. The maximum atomic E-state index is 11.0. The van der Waals surface area contributed by atoms with E-state index in [2.05, 4.69) is 5.32 Å². The lowest BCUT2D eigenvalue weighted by Crippen LogP contribution is -2.43. The molecule has 0 saturated heterocycles. The molecule has 0 unspecified atom stereocenters. The summed E-state index contributed by atoms with van der Waals surface area (Å²) in [6.45, 7) is 0. The van der Waals surface area contributed by atoms with Crippen LogP contribution in [0, 0.1) is 5.92 Å². The number of carbonyl (C=O) groups is 1. The van der Waals surface area contributed by atoms with Crippen LogP contribution in [-0.4, -0.2) is 23.2 Å². The van der Waals surface area contributed by atoms with E-state index in [9.17, 15) is 4.79 Å². The Morgan fingerprint density at radius 3 is 2.40 bits per heavy atom. The standard InChI is InChI=1S/C12H21NO2/c14-12(15)10-7-4-8-11(10)13-9-5-2-1-3-6-9/h9-11,13H,1-8H2,(H,14,15)/t10-,11+/m0/s1. The summed E-state index contributed by atoms with van der Waals surface area (Å²) in [5, 5.41) is 12.6. The topological polar surface area (TPSA) is 49.3 Å². The van der Waals surface area contributed by atoms with E-state index in [0.717, 1.165) is 19.3 Å². The number of aliphatic carboxylic acids is 1. The van der Waals surface area contributed by atoms with Gasteiger partial charge in [0.1, 0.15) is 0 Å². The molecule has 0 bridgehead atoms. The van der Waals surface area contributed by atoms with Gasteiger partial charge in [0.25, 0.3) is 0 Å². The molecule has 0 spiro atoms. The van der Waals surface area contributed by atoms with Gasteiger partial charge in [0.15, 0.2) is 0 Å². The highest BCUT2D eigenvalue weighted by Crippen LogP contribution is 2.28. The van der Waals surface area contributed by atoms with Gasteiger partial charge in [-0.25, -0.2) is 0 Å². The molecule has 2 fully saturated rings. The van der Waals surface area contributed by atoms with Crippen molar-refractivity contribution in [2.45, 2.75) is 63.5 Å². The second kappa shape index (κ2) is 4.97. The second-order valence-electron chi connectivity index (χ2n) is 4.98. The van der Waals surface area contributed by atoms with E-state index in [1.54, 1.807) is 0 Å². The molecular formula is C12H21NO2. The Morgan fingerprint density at radius 1 is 1.00 bits per heavy atom. The third kappa shape index (κ3) is 2.71. The third-order valence-electron chi connectivity index (χ3n) is 3.89. The minimum Gasteiger partial charge on any atom is -0.481 e. The minimum atomic E-state index is -0.610. The van der Waals surface area contributed by atoms with Crippen LogP contribution in [0.4, 0.5) is 0 Å². The zero-order valence-electron chi connectivity index (χ0n) is 9.24. The van der Waals surface area contributed by atoms with Gasteiger partial charge in [-0.05, 0) is 25.7 Å². The van der Waals surface area contributed by atoms with Gasteiger partial charge in [-0.2, -0.15) is 0 Å². The van der Waals surface area contributed by atoms with E-state index in [4.69, 9.17) is 5.11 Å². The summed E-state index contributed by atoms with van der Waals surface area (Å²) in [6.07, 6.45) is 9.43. The predicted molar refractivity (Wildman–Crippen MR) is 58.8 cm³/mol. The van der Waals surface area contributed by atoms with Crippen LogP contribution in [-0.2, 0) is 4.79 Å². The molecule has 2 saturated carbocycles. The Bertz CT molecular complexity index is 224. The molecule has 0 aromatic rings. The van der Waals surface area contributed by atoms with Gasteiger partial charge in [0, 0.05) is 12.1 Å². The highest BCUT2D eigenvalue weighted by Gasteiger charge is 2.34. The van der Waals surface area contributed by atoms with Crippen molar-refractivity contribution in [2.24, 2.45) is 5.92 Å². The number of nitrogens with one attached hydrogen (secondary N) is 1. The van der Waals surface area contributed by atoms with Crippen LogP contribution in [0.1, 0.15) is 51.4 Å². The summed E-state index contributed by atoms with van der Waals surface area (Å²) >= 11 is 0. The maximum Gasteiger partial charge on any atom is 0.308 e. The van der Waals surface area contributed by atoms with Gasteiger partial charge in [-0.1, -0.05) is 25.7 Å². The molecule has 2 rings (SSSR count). The molecule has 0 aromatic heterocycles. The summed E-state index contributed by atoms with van der Waals surface area (Å²) in [5.41, 5.74) is 0. The number of carboxylic acid groups (broad SMARTS) is 1. The van der Waals surface area contributed by atoms with Crippen LogP contribution in [0.15, 0.2) is 0 Å². The molecule has 0 aliphatic heterocycles. The van der Waals surface area contributed by atoms with Crippen molar-refractivity contribution in [3.05, 3.63) is 0 Å². The van der Waals surface area contributed by atoms with Crippen molar-refractivity contribution in [1.82, 2.24) is 5.32 Å². The van der Waals surface area contributed by atoms with E-state index >= 15 is 0 Å². The summed E-state index contributed by atoms with van der Waals surface area (Å²) in [7, 11) is 0. The Hall–Kier alpha value is -0.570. The number of hydrogen-bond donors (Lipinski definition) is 2. The predicted octanol–water partition coefficient (Wildman–Crippen LogP) is 2.16. The van der Waals surface area contributed by atoms with Crippen LogP contribution in [0.25, 0.3) is 0 Å². The Kier molecular flexibility index (Phi) is 3.62. The first-order valence-electron chi connectivity index (χ1n) is 6.26. The van der Waals surface area contributed by atoms with Gasteiger partial charge in [-0.3, -0.25) is 4.79 Å². The molecule has 2 aliphatic carbocycles. The normalized spacial score (nSPS) is 33.1. The van der Waals surface area contributed by atoms with Crippen molar-refractivity contribution < 1.29 is 9.90 Å². The van der Waals surface area contributed by atoms with Crippen LogP contribution in [0.2, 0.25) is 0 Å². The molecule has 0 aromatic carbocycles. The Morgan fingerprint density at radius 2 is 1.73 bits per heavy atom. The van der Waals surface area contributed by atoms with Gasteiger partial charge >= 0.3 is 5.97 Å². The first kappa shape index (κ1) is 10.9. The van der Waals surface area contributed by atoms with Gasteiger partial charge in [0.05, 0.1) is 5.92 Å². The van der Waals surface area contributed by atoms with Crippen molar-refractivity contribution in [3.8, 4) is 0 Å². The van der Waals surface area contributed by atoms with Crippen molar-refractivity contribution in [2.75, 3.05) is 0 Å². The molecule has 15 heavy (non-hydrogen) atoms. The zero-order valence-corrected chi connectivity index (χ0v) is 9.24. The summed E-state index contributed by atoms with van der Waals surface area (Å²) in [5.74, 6) is -0.743. The molecule has 2 atom stereocenters. The average molecular weight is 211 g/mol. The quantitative estimate of drug-likeness (QED) is 0.752. The highest BCUT2D eigenvalue weighted by atomic mass is 16.4. The molecule has 3 nitrogen and oxygen atoms in total. The zero-order chi connectivity index (χ0) is 10.7. The lowest BCUT2D eigenvalue weighted by Gasteiger charge is -2.28. The lowest BCUT2D eigenvalue weighted by molar-refractivity contribution is -0.142. The maximum absolute atomic E-state index is 11.0. The number of hydrogen-bond acceptors (Lipinski definition) is 2. The summed E-state index contributed by atoms with van der Waals surface area (Å²) in [4.78, 5) is 11.0. The largest absolute Gasteiger partial charge is 0.481 e. The van der Waals surface area contributed by atoms with Crippen LogP contribution >= 0.6 is 0 Å². The van der Waals surface area contributed by atoms with E-state index in [1.807, 2.05) is 0 Å². The van der Waals surface area contributed by atoms with Gasteiger partial charge in [-0.15, -0.1) is 0 Å². The molecule has 0 radical (unpaired) electrons. The monoisotopic (exact) mass is 211 g/mol. The number of carboxylic acids is 1. The Balaban J connectivity index is 1.84. The molecule has 3 heteroatoms. The number of rotatable bonds is 3. The van der Waals surface area contributed by atoms with Crippen LogP contribution < -0.4 is 5.32 Å². The lowest BCUT2D eigenvalue weighted by atomic mass is 9.93. The summed E-state index contributed by atoms with van der Waals surface area (Å²) in [6, 6.07) is 0.828. The van der Waals surface area contributed by atoms with Gasteiger partial charge in [0.2, 0.25) is 0 Å². The smallest absolute Gasteiger partial charge is 0.308 e. The Labute approximate surface area is 91.2 Å². The molecule has 0 amide bonds. The van der Waals surface area contributed by atoms with Crippen LogP contribution in [0.5, 0.6) is 0 Å². The van der Waals surface area contributed by atoms with Crippen molar-refractivity contribution >= 4 is 5.97 Å². The summed E-state index contributed by atoms with van der Waals surface area (Å²) < 4.78 is 0. The van der Waals surface area contributed by atoms with Gasteiger partial charge < -0.3 is 10.4 Å². The fourth-order valence-electron chi connectivity index (χ4n) is 3.03. The SMILES string of the molecule is O=C(O)[C@H]1CCC[C@H]1NC1CCCCC1. The highest BCUT2D eigenvalue weighted by molar-refractivity contribution is 5.71. The average Bonchev–Trinajstić information content (AvgIpc) is 2.67. The minimum absolute atomic E-state index is 0.132. The first-order valence-corrected chi connectivity index (χ1v) is 6.26. The molecule has 2 aliphatic rings. The fourth-order valence-corrected chi connectivity index (χ4v) is 3.03. The third-order valence-corrected chi connectivity index (χ3v) is 3.89. The van der Waals surface area contributed by atoms with Crippen molar-refractivity contribution in [1.29, 1.82) is 0 Å². The van der Waals surface area contributed by atoms with E-state index in [0.29, 0.717) is 6.04 Å².